The summed E-state index contributed by atoms with van der Waals surface area (Å²) in [4.78, 5) is 27.1. The number of amides is 2. The Morgan fingerprint density at radius 1 is 0.789 bits per heavy atom. The van der Waals surface area contributed by atoms with Crippen LogP contribution in [-0.4, -0.2) is 67.4 Å². The van der Waals surface area contributed by atoms with Crippen molar-refractivity contribution in [2.45, 2.75) is 19.8 Å². The molecule has 0 heterocycles. The van der Waals surface area contributed by atoms with Gasteiger partial charge in [0.05, 0.1) is 0 Å². The largest absolute Gasteiger partial charge is 0.341 e. The number of nitrogens with zero attached hydrogens (tertiary/aromatic N) is 2. The molecule has 0 saturated carbocycles. The highest BCUT2D eigenvalue weighted by Gasteiger charge is 2.19. The highest BCUT2D eigenvalue weighted by molar-refractivity contribution is 5.96. The summed E-state index contributed by atoms with van der Waals surface area (Å²) >= 11 is 0. The van der Waals surface area contributed by atoms with Crippen LogP contribution in [0.2, 0.25) is 0 Å². The van der Waals surface area contributed by atoms with Crippen molar-refractivity contribution >= 4 is 11.8 Å². The first-order chi connectivity index (χ1) is 9.10. The number of carbonyl (C=O) groups excluding carboxylic acids is 2. The molecule has 0 radical (unpaired) electrons. The molecule has 0 aliphatic heterocycles. The molecule has 0 saturated heterocycles. The monoisotopic (exact) mass is 273 g/mol. The number of hydrogen-bond donors (Lipinski definition) is 3. The fourth-order valence-corrected chi connectivity index (χ4v) is 1.81. The lowest BCUT2D eigenvalue weighted by Crippen LogP contribution is -2.43. The summed E-state index contributed by atoms with van der Waals surface area (Å²) in [7, 11) is 0. The molecule has 7 heteroatoms. The molecule has 112 valence electrons. The molecule has 0 atom stereocenters. The van der Waals surface area contributed by atoms with E-state index in [9.17, 15) is 9.59 Å². The zero-order valence-corrected chi connectivity index (χ0v) is 11.8. The molecule has 0 fully saturated rings. The van der Waals surface area contributed by atoms with Crippen molar-refractivity contribution in [3.63, 3.8) is 0 Å². The smallest absolute Gasteiger partial charge is 0.232 e. The number of rotatable bonds is 10. The van der Waals surface area contributed by atoms with Crippen molar-refractivity contribution in [3.05, 3.63) is 0 Å². The lowest BCUT2D eigenvalue weighted by molar-refractivity contribution is -0.140. The first kappa shape index (κ1) is 17.8. The van der Waals surface area contributed by atoms with E-state index in [1.54, 1.807) is 4.90 Å². The average molecular weight is 273 g/mol. The van der Waals surface area contributed by atoms with Gasteiger partial charge in [-0.1, -0.05) is 6.92 Å². The van der Waals surface area contributed by atoms with Gasteiger partial charge in [0.15, 0.2) is 0 Å². The van der Waals surface area contributed by atoms with Crippen LogP contribution in [-0.2, 0) is 9.59 Å². The van der Waals surface area contributed by atoms with E-state index in [-0.39, 0.29) is 18.2 Å². The summed E-state index contributed by atoms with van der Waals surface area (Å²) < 4.78 is 0. The van der Waals surface area contributed by atoms with Crippen LogP contribution in [0.15, 0.2) is 0 Å². The molecule has 0 aromatic carbocycles. The maximum Gasteiger partial charge on any atom is 0.232 e. The Kier molecular flexibility index (Phi) is 10.1. The summed E-state index contributed by atoms with van der Waals surface area (Å²) in [6.45, 7) is 5.05. The zero-order valence-electron chi connectivity index (χ0n) is 11.8. The first-order valence-corrected chi connectivity index (χ1v) is 6.76. The van der Waals surface area contributed by atoms with Gasteiger partial charge in [-0.2, -0.15) is 0 Å². The SMILES string of the molecule is CCCN(CCN)C(=O)CC(=O)N(CCN)CCN. The molecule has 0 unspecified atom stereocenters. The minimum absolute atomic E-state index is 0.139. The van der Waals surface area contributed by atoms with Gasteiger partial charge in [0, 0.05) is 45.8 Å². The second-order valence-corrected chi connectivity index (χ2v) is 4.30. The van der Waals surface area contributed by atoms with Crippen molar-refractivity contribution < 1.29 is 9.59 Å². The van der Waals surface area contributed by atoms with Crippen LogP contribution in [0.25, 0.3) is 0 Å². The number of nitrogens with two attached hydrogens (primary N) is 3. The fourth-order valence-electron chi connectivity index (χ4n) is 1.81. The molecule has 0 aliphatic carbocycles. The average Bonchev–Trinajstić information content (AvgIpc) is 2.38. The van der Waals surface area contributed by atoms with Crippen LogP contribution < -0.4 is 17.2 Å². The van der Waals surface area contributed by atoms with E-state index >= 15 is 0 Å². The van der Waals surface area contributed by atoms with Crippen LogP contribution in [0.1, 0.15) is 19.8 Å². The molecule has 19 heavy (non-hydrogen) atoms. The molecule has 2 amide bonds. The van der Waals surface area contributed by atoms with Gasteiger partial charge in [-0.25, -0.2) is 0 Å². The topological polar surface area (TPSA) is 119 Å². The molecule has 0 rings (SSSR count). The molecule has 0 spiro atoms. The van der Waals surface area contributed by atoms with E-state index < -0.39 is 0 Å². The summed E-state index contributed by atoms with van der Waals surface area (Å²) in [5.41, 5.74) is 16.3. The number of carbonyl (C=O) groups is 2. The Hall–Kier alpha value is -1.18. The van der Waals surface area contributed by atoms with Crippen molar-refractivity contribution in [2.75, 3.05) is 45.8 Å². The normalized spacial score (nSPS) is 10.3. The van der Waals surface area contributed by atoms with Gasteiger partial charge in [-0.3, -0.25) is 9.59 Å². The summed E-state index contributed by atoms with van der Waals surface area (Å²) in [6.07, 6.45) is 0.704. The van der Waals surface area contributed by atoms with E-state index in [4.69, 9.17) is 17.2 Å². The Morgan fingerprint density at radius 3 is 1.47 bits per heavy atom. The van der Waals surface area contributed by atoms with Gasteiger partial charge in [0.2, 0.25) is 11.8 Å². The third kappa shape index (κ3) is 7.09. The predicted molar refractivity (Wildman–Crippen MR) is 75.2 cm³/mol. The molecule has 7 nitrogen and oxygen atoms in total. The van der Waals surface area contributed by atoms with Crippen molar-refractivity contribution in [2.24, 2.45) is 17.2 Å². The van der Waals surface area contributed by atoms with E-state index in [0.717, 1.165) is 6.42 Å². The Labute approximate surface area is 115 Å². The second kappa shape index (κ2) is 10.7. The van der Waals surface area contributed by atoms with E-state index in [1.807, 2.05) is 6.92 Å². The van der Waals surface area contributed by atoms with Gasteiger partial charge in [0.25, 0.3) is 0 Å². The molecule has 0 bridgehead atoms. The summed E-state index contributed by atoms with van der Waals surface area (Å²) in [5, 5.41) is 0. The van der Waals surface area contributed by atoms with Crippen LogP contribution in [0, 0.1) is 0 Å². The van der Waals surface area contributed by atoms with Crippen LogP contribution in [0.3, 0.4) is 0 Å². The van der Waals surface area contributed by atoms with Crippen LogP contribution >= 0.6 is 0 Å². The lowest BCUT2D eigenvalue weighted by Gasteiger charge is -2.24. The second-order valence-electron chi connectivity index (χ2n) is 4.30. The Morgan fingerprint density at radius 2 is 1.16 bits per heavy atom. The highest BCUT2D eigenvalue weighted by atomic mass is 16.2. The van der Waals surface area contributed by atoms with Gasteiger partial charge in [-0.15, -0.1) is 0 Å². The van der Waals surface area contributed by atoms with Crippen LogP contribution in [0.4, 0.5) is 0 Å². The highest BCUT2D eigenvalue weighted by Crippen LogP contribution is 2.00. The van der Waals surface area contributed by atoms with Crippen LogP contribution in [0.5, 0.6) is 0 Å². The van der Waals surface area contributed by atoms with Gasteiger partial charge in [0.1, 0.15) is 6.42 Å². The molecule has 0 aliphatic rings. The quantitative estimate of drug-likeness (QED) is 0.411. The van der Waals surface area contributed by atoms with E-state index in [0.29, 0.717) is 45.8 Å². The lowest BCUT2D eigenvalue weighted by atomic mass is 10.2. The van der Waals surface area contributed by atoms with Crippen molar-refractivity contribution in [3.8, 4) is 0 Å². The van der Waals surface area contributed by atoms with Crippen molar-refractivity contribution in [1.29, 1.82) is 0 Å². The predicted octanol–water partition coefficient (Wildman–Crippen LogP) is -1.68. The zero-order chi connectivity index (χ0) is 14.7. The fraction of sp³-hybridized carbons (Fsp3) is 0.833. The standard InChI is InChI=1S/C12H27N5O2/c1-2-6-16(7-3-13)11(18)10-12(19)17(8-4-14)9-5-15/h2-10,13-15H2,1H3. The minimum atomic E-state index is -0.223. The Bertz CT molecular complexity index is 235. The third-order valence-electron chi connectivity index (χ3n) is 2.70. The maximum absolute atomic E-state index is 12.0. The van der Waals surface area contributed by atoms with Gasteiger partial charge >= 0.3 is 0 Å². The summed E-state index contributed by atoms with van der Waals surface area (Å²) in [6, 6.07) is 0. The molecule has 0 aromatic heterocycles. The van der Waals surface area contributed by atoms with E-state index in [1.165, 1.54) is 4.90 Å². The molecule has 6 N–H and O–H groups in total. The summed E-state index contributed by atoms with van der Waals surface area (Å²) in [5.74, 6) is -0.407. The molecule has 0 aromatic rings. The van der Waals surface area contributed by atoms with Gasteiger partial charge < -0.3 is 27.0 Å². The first-order valence-electron chi connectivity index (χ1n) is 6.76. The van der Waals surface area contributed by atoms with Gasteiger partial charge in [-0.05, 0) is 6.42 Å². The minimum Gasteiger partial charge on any atom is -0.341 e. The van der Waals surface area contributed by atoms with E-state index in [2.05, 4.69) is 0 Å². The maximum atomic E-state index is 12.0. The molecular formula is C12H27N5O2. The van der Waals surface area contributed by atoms with Crippen molar-refractivity contribution in [1.82, 2.24) is 9.80 Å². The molecular weight excluding hydrogens is 246 g/mol. The number of hydrogen-bond acceptors (Lipinski definition) is 5. The Balaban J connectivity index is 4.43. The third-order valence-corrected chi connectivity index (χ3v) is 2.70.